The summed E-state index contributed by atoms with van der Waals surface area (Å²) in [5, 5.41) is 5.49. The number of ether oxygens (including phenoxy) is 1. The van der Waals surface area contributed by atoms with Crippen molar-refractivity contribution < 1.29 is 9.53 Å². The van der Waals surface area contributed by atoms with Crippen LogP contribution in [0.15, 0.2) is 54.2 Å². The molecule has 0 aliphatic carbocycles. The van der Waals surface area contributed by atoms with E-state index in [2.05, 4.69) is 21.4 Å². The molecule has 0 saturated heterocycles. The van der Waals surface area contributed by atoms with E-state index in [4.69, 9.17) is 4.74 Å². The van der Waals surface area contributed by atoms with Crippen molar-refractivity contribution in [2.45, 2.75) is 19.4 Å². The van der Waals surface area contributed by atoms with E-state index < -0.39 is 0 Å². The fourth-order valence-corrected chi connectivity index (χ4v) is 4.14. The van der Waals surface area contributed by atoms with E-state index in [-0.39, 0.29) is 5.91 Å². The Morgan fingerprint density at radius 3 is 3.14 bits per heavy atom. The summed E-state index contributed by atoms with van der Waals surface area (Å²) in [5.41, 5.74) is 5.10. The van der Waals surface area contributed by atoms with Crippen molar-refractivity contribution in [3.05, 3.63) is 59.7 Å². The molecule has 0 radical (unpaired) electrons. The zero-order chi connectivity index (χ0) is 18.9. The number of carbonyl (C=O) groups excluding carboxylic acids is 1. The van der Waals surface area contributed by atoms with Crippen LogP contribution in [0.1, 0.15) is 12.0 Å². The highest BCUT2D eigenvalue weighted by Gasteiger charge is 2.14. The molecule has 7 heteroatoms. The van der Waals surface area contributed by atoms with E-state index in [1.807, 2.05) is 46.3 Å². The van der Waals surface area contributed by atoms with E-state index in [9.17, 15) is 4.79 Å². The summed E-state index contributed by atoms with van der Waals surface area (Å²) < 4.78 is 7.55. The molecule has 4 aromatic rings. The predicted molar refractivity (Wildman–Crippen MR) is 110 cm³/mol. The number of rotatable bonds is 5. The van der Waals surface area contributed by atoms with Crippen molar-refractivity contribution >= 4 is 33.4 Å². The van der Waals surface area contributed by atoms with Crippen LogP contribution in [0.4, 0.5) is 5.13 Å². The van der Waals surface area contributed by atoms with Crippen molar-refractivity contribution in [1.82, 2.24) is 14.5 Å². The number of carbonyl (C=O) groups is 1. The molecule has 0 atom stereocenters. The molecule has 0 unspecified atom stereocenters. The van der Waals surface area contributed by atoms with Gasteiger partial charge < -0.3 is 14.6 Å². The number of benzene rings is 2. The van der Waals surface area contributed by atoms with Gasteiger partial charge in [-0.2, -0.15) is 0 Å². The van der Waals surface area contributed by atoms with Crippen molar-refractivity contribution in [2.24, 2.45) is 0 Å². The molecule has 0 spiro atoms. The molecular weight excluding hydrogens is 372 g/mol. The Balaban J connectivity index is 1.23. The Morgan fingerprint density at radius 1 is 1.25 bits per heavy atom. The number of aromatic nitrogens is 3. The highest BCUT2D eigenvalue weighted by Crippen LogP contribution is 2.32. The Kier molecular flexibility index (Phi) is 4.29. The summed E-state index contributed by atoms with van der Waals surface area (Å²) in [4.78, 5) is 21.3. The summed E-state index contributed by atoms with van der Waals surface area (Å²) in [6.45, 7) is 1.32. The molecule has 140 valence electrons. The van der Waals surface area contributed by atoms with Gasteiger partial charge in [-0.3, -0.25) is 4.79 Å². The fraction of sp³-hybridized carbons (Fsp3) is 0.190. The summed E-state index contributed by atoms with van der Waals surface area (Å²) in [5.74, 6) is 0.903. The molecule has 0 fully saturated rings. The minimum Gasteiger partial charge on any atom is -0.493 e. The lowest BCUT2D eigenvalue weighted by molar-refractivity contribution is -0.116. The lowest BCUT2D eigenvalue weighted by Crippen LogP contribution is -2.14. The first kappa shape index (κ1) is 16.9. The number of hydrogen-bond donors (Lipinski definition) is 1. The SMILES string of the molecule is O=C(CCn1cnc2ccccc21)Nc1nc(-c2ccc3c(c2)CCO3)cs1. The predicted octanol–water partition coefficient (Wildman–Crippen LogP) is 4.12. The van der Waals surface area contributed by atoms with Gasteiger partial charge >= 0.3 is 0 Å². The quantitative estimate of drug-likeness (QED) is 0.556. The number of hydrogen-bond acceptors (Lipinski definition) is 5. The van der Waals surface area contributed by atoms with Crippen LogP contribution in [-0.2, 0) is 17.8 Å². The third-order valence-corrected chi connectivity index (χ3v) is 5.60. The second kappa shape index (κ2) is 7.09. The lowest BCUT2D eigenvalue weighted by atomic mass is 10.1. The minimum atomic E-state index is -0.0546. The van der Waals surface area contributed by atoms with E-state index in [0.29, 0.717) is 18.1 Å². The smallest absolute Gasteiger partial charge is 0.227 e. The number of aryl methyl sites for hydroxylation is 1. The van der Waals surface area contributed by atoms with Gasteiger partial charge in [-0.25, -0.2) is 9.97 Å². The number of para-hydroxylation sites is 2. The summed E-state index contributed by atoms with van der Waals surface area (Å²) in [6, 6.07) is 14.0. The van der Waals surface area contributed by atoms with Gasteiger partial charge in [-0.1, -0.05) is 12.1 Å². The van der Waals surface area contributed by atoms with Crippen LogP contribution in [0.2, 0.25) is 0 Å². The molecule has 6 nitrogen and oxygen atoms in total. The largest absolute Gasteiger partial charge is 0.493 e. The molecule has 28 heavy (non-hydrogen) atoms. The average Bonchev–Trinajstić information content (AvgIpc) is 3.45. The first-order chi connectivity index (χ1) is 13.8. The van der Waals surface area contributed by atoms with Gasteiger partial charge in [0, 0.05) is 30.3 Å². The Labute approximate surface area is 165 Å². The van der Waals surface area contributed by atoms with Crippen LogP contribution in [0, 0.1) is 0 Å². The second-order valence-corrected chi connectivity index (χ2v) is 7.54. The minimum absolute atomic E-state index is 0.0546. The fourth-order valence-electron chi connectivity index (χ4n) is 3.40. The van der Waals surface area contributed by atoms with Crippen molar-refractivity contribution in [3.8, 4) is 17.0 Å². The number of amides is 1. The molecule has 1 amide bonds. The van der Waals surface area contributed by atoms with E-state index in [0.717, 1.165) is 41.1 Å². The third-order valence-electron chi connectivity index (χ3n) is 4.84. The first-order valence-electron chi connectivity index (χ1n) is 9.17. The summed E-state index contributed by atoms with van der Waals surface area (Å²) >= 11 is 1.44. The molecule has 5 rings (SSSR count). The van der Waals surface area contributed by atoms with E-state index in [1.165, 1.54) is 16.9 Å². The molecule has 2 aromatic heterocycles. The zero-order valence-corrected chi connectivity index (χ0v) is 15.9. The van der Waals surface area contributed by atoms with Crippen LogP contribution >= 0.6 is 11.3 Å². The molecule has 1 aliphatic rings. The number of imidazole rings is 1. The van der Waals surface area contributed by atoms with Crippen molar-refractivity contribution in [2.75, 3.05) is 11.9 Å². The van der Waals surface area contributed by atoms with Crippen LogP contribution in [0.5, 0.6) is 5.75 Å². The van der Waals surface area contributed by atoms with Gasteiger partial charge in [0.05, 0.1) is 29.7 Å². The highest BCUT2D eigenvalue weighted by atomic mass is 32.1. The lowest BCUT2D eigenvalue weighted by Gasteiger charge is -2.04. The molecule has 0 saturated carbocycles. The Morgan fingerprint density at radius 2 is 2.18 bits per heavy atom. The highest BCUT2D eigenvalue weighted by molar-refractivity contribution is 7.14. The molecular formula is C21H18N4O2S. The van der Waals surface area contributed by atoms with Crippen molar-refractivity contribution in [1.29, 1.82) is 0 Å². The average molecular weight is 390 g/mol. The zero-order valence-electron chi connectivity index (χ0n) is 15.1. The number of nitrogens with one attached hydrogen (secondary N) is 1. The van der Waals surface area contributed by atoms with Crippen LogP contribution in [0.3, 0.4) is 0 Å². The molecule has 2 aromatic carbocycles. The standard InChI is InChI=1S/C21H18N4O2S/c26-20(7-9-25-13-22-16-3-1-2-4-18(16)25)24-21-23-17(12-28-21)14-5-6-19-15(11-14)8-10-27-19/h1-6,11-13H,7-10H2,(H,23,24,26). The molecule has 0 bridgehead atoms. The number of anilines is 1. The topological polar surface area (TPSA) is 69.0 Å². The van der Waals surface area contributed by atoms with Gasteiger partial charge in [0.1, 0.15) is 5.75 Å². The number of nitrogens with zero attached hydrogens (tertiary/aromatic N) is 3. The third kappa shape index (κ3) is 3.25. The normalized spacial score (nSPS) is 12.7. The second-order valence-electron chi connectivity index (χ2n) is 6.68. The molecule has 1 aliphatic heterocycles. The van der Waals surface area contributed by atoms with Gasteiger partial charge in [0.2, 0.25) is 5.91 Å². The van der Waals surface area contributed by atoms with Crippen LogP contribution in [0.25, 0.3) is 22.3 Å². The monoisotopic (exact) mass is 390 g/mol. The van der Waals surface area contributed by atoms with Crippen molar-refractivity contribution in [3.63, 3.8) is 0 Å². The van der Waals surface area contributed by atoms with E-state index >= 15 is 0 Å². The Bertz CT molecular complexity index is 1160. The number of fused-ring (bicyclic) bond motifs is 2. The Hall–Kier alpha value is -3.19. The maximum atomic E-state index is 12.3. The summed E-state index contributed by atoms with van der Waals surface area (Å²) in [6.07, 6.45) is 3.07. The van der Waals surface area contributed by atoms with E-state index in [1.54, 1.807) is 6.33 Å². The summed E-state index contributed by atoms with van der Waals surface area (Å²) in [7, 11) is 0. The first-order valence-corrected chi connectivity index (χ1v) is 10.1. The maximum absolute atomic E-state index is 12.3. The molecule has 3 heterocycles. The van der Waals surface area contributed by atoms with Gasteiger partial charge in [-0.15, -0.1) is 11.3 Å². The number of thiazole rings is 1. The van der Waals surface area contributed by atoms with Gasteiger partial charge in [-0.05, 0) is 35.9 Å². The molecule has 1 N–H and O–H groups in total. The van der Waals surface area contributed by atoms with Gasteiger partial charge in [0.25, 0.3) is 0 Å². The van der Waals surface area contributed by atoms with Crippen LogP contribution in [-0.4, -0.2) is 27.0 Å². The van der Waals surface area contributed by atoms with Gasteiger partial charge in [0.15, 0.2) is 5.13 Å². The van der Waals surface area contributed by atoms with Crippen LogP contribution < -0.4 is 10.1 Å². The maximum Gasteiger partial charge on any atom is 0.227 e.